The zero-order valence-electron chi connectivity index (χ0n) is 12.0. The molecule has 0 aromatic heterocycles. The molecule has 2 rings (SSSR count). The van der Waals surface area contributed by atoms with E-state index in [0.29, 0.717) is 5.92 Å². The fraction of sp³-hybridized carbons (Fsp3) is 0.533. The van der Waals surface area contributed by atoms with Crippen LogP contribution in [0.1, 0.15) is 49.4 Å². The highest BCUT2D eigenvalue weighted by molar-refractivity contribution is 5.98. The number of amides is 1. The van der Waals surface area contributed by atoms with Crippen LogP contribution in [0.3, 0.4) is 0 Å². The van der Waals surface area contributed by atoms with Gasteiger partial charge in [0.2, 0.25) is 0 Å². The topological polar surface area (TPSA) is 92.5 Å². The van der Waals surface area contributed by atoms with Crippen molar-refractivity contribution in [1.29, 1.82) is 0 Å². The van der Waals surface area contributed by atoms with Gasteiger partial charge >= 0.3 is 0 Å². The van der Waals surface area contributed by atoms with E-state index >= 15 is 0 Å². The molecule has 0 radical (unpaired) electrons. The first kappa shape index (κ1) is 15.3. The molecule has 1 aliphatic rings. The second-order valence-electron chi connectivity index (χ2n) is 5.57. The third-order valence-electron chi connectivity index (χ3n) is 4.12. The number of nitro groups is 1. The first-order valence-corrected chi connectivity index (χ1v) is 7.29. The molecule has 2 N–H and O–H groups in total. The number of hydrogen-bond donors (Lipinski definition) is 2. The largest absolute Gasteiger partial charge is 0.508 e. The number of nitro benzene ring substituents is 1. The highest BCUT2D eigenvalue weighted by Crippen LogP contribution is 2.28. The third-order valence-corrected chi connectivity index (χ3v) is 4.12. The monoisotopic (exact) mass is 292 g/mol. The molecule has 0 aliphatic heterocycles. The lowest BCUT2D eigenvalue weighted by Gasteiger charge is -2.29. The van der Waals surface area contributed by atoms with Crippen molar-refractivity contribution in [2.75, 3.05) is 0 Å². The van der Waals surface area contributed by atoms with Crippen LogP contribution in [0.25, 0.3) is 0 Å². The molecule has 1 aromatic carbocycles. The molecule has 1 aromatic rings. The predicted molar refractivity (Wildman–Crippen MR) is 78.3 cm³/mol. The van der Waals surface area contributed by atoms with Crippen LogP contribution in [0.2, 0.25) is 0 Å². The molecule has 1 fully saturated rings. The first-order valence-electron chi connectivity index (χ1n) is 7.29. The second kappa shape index (κ2) is 6.56. The van der Waals surface area contributed by atoms with Crippen LogP contribution in [0.5, 0.6) is 5.75 Å². The van der Waals surface area contributed by atoms with Crippen LogP contribution < -0.4 is 5.32 Å². The molecular weight excluding hydrogens is 272 g/mol. The van der Waals surface area contributed by atoms with Gasteiger partial charge in [-0.15, -0.1) is 0 Å². The maximum atomic E-state index is 12.3. The van der Waals surface area contributed by atoms with Gasteiger partial charge in [-0.3, -0.25) is 14.9 Å². The van der Waals surface area contributed by atoms with Crippen molar-refractivity contribution in [3.05, 3.63) is 33.9 Å². The average Bonchev–Trinajstić information content (AvgIpc) is 2.47. The molecule has 1 amide bonds. The van der Waals surface area contributed by atoms with Gasteiger partial charge in [0.05, 0.1) is 4.92 Å². The Balaban J connectivity index is 2.13. The number of hydrogen-bond acceptors (Lipinski definition) is 4. The minimum absolute atomic E-state index is 0.0538. The first-order chi connectivity index (χ1) is 10.0. The van der Waals surface area contributed by atoms with E-state index in [1.54, 1.807) is 0 Å². The van der Waals surface area contributed by atoms with E-state index in [1.165, 1.54) is 12.5 Å². The molecule has 1 saturated carbocycles. The molecule has 0 saturated heterocycles. The third kappa shape index (κ3) is 3.71. The summed E-state index contributed by atoms with van der Waals surface area (Å²) in [6.45, 7) is 2.13. The number of benzene rings is 1. The Hall–Kier alpha value is -2.11. The summed E-state index contributed by atoms with van der Waals surface area (Å²) in [6.07, 6.45) is 5.13. The van der Waals surface area contributed by atoms with Crippen molar-refractivity contribution in [1.82, 2.24) is 5.32 Å². The lowest BCUT2D eigenvalue weighted by molar-refractivity contribution is -0.385. The molecule has 2 atom stereocenters. The highest BCUT2D eigenvalue weighted by Gasteiger charge is 2.26. The van der Waals surface area contributed by atoms with Gasteiger partial charge in [0, 0.05) is 12.1 Å². The molecule has 114 valence electrons. The van der Waals surface area contributed by atoms with Crippen LogP contribution in [0.4, 0.5) is 5.69 Å². The van der Waals surface area contributed by atoms with Gasteiger partial charge in [0.1, 0.15) is 11.3 Å². The lowest BCUT2D eigenvalue weighted by Crippen LogP contribution is -2.38. The number of nitrogens with zero attached hydrogens (tertiary/aromatic N) is 1. The molecule has 2 unspecified atom stereocenters. The van der Waals surface area contributed by atoms with Gasteiger partial charge in [-0.05, 0) is 30.9 Å². The summed E-state index contributed by atoms with van der Waals surface area (Å²) in [4.78, 5) is 22.6. The Morgan fingerprint density at radius 1 is 1.48 bits per heavy atom. The van der Waals surface area contributed by atoms with Crippen LogP contribution in [0, 0.1) is 16.0 Å². The normalized spacial score (nSPS) is 21.8. The van der Waals surface area contributed by atoms with Gasteiger partial charge in [-0.1, -0.05) is 26.2 Å². The average molecular weight is 292 g/mol. The summed E-state index contributed by atoms with van der Waals surface area (Å²) in [5.41, 5.74) is -0.369. The van der Waals surface area contributed by atoms with E-state index in [2.05, 4.69) is 12.2 Å². The van der Waals surface area contributed by atoms with Gasteiger partial charge in [-0.25, -0.2) is 0 Å². The number of rotatable bonds is 4. The summed E-state index contributed by atoms with van der Waals surface area (Å²) < 4.78 is 0. The molecule has 0 heterocycles. The fourth-order valence-corrected chi connectivity index (χ4v) is 2.92. The second-order valence-corrected chi connectivity index (χ2v) is 5.57. The van der Waals surface area contributed by atoms with Crippen LogP contribution in [-0.2, 0) is 0 Å². The van der Waals surface area contributed by atoms with Crippen molar-refractivity contribution in [2.24, 2.45) is 5.92 Å². The van der Waals surface area contributed by atoms with Crippen molar-refractivity contribution in [3.8, 4) is 5.75 Å². The maximum absolute atomic E-state index is 12.3. The number of carbonyl (C=O) groups excluding carboxylic acids is 1. The van der Waals surface area contributed by atoms with Crippen LogP contribution in [0.15, 0.2) is 18.2 Å². The summed E-state index contributed by atoms with van der Waals surface area (Å²) in [6, 6.07) is 3.56. The molecule has 6 nitrogen and oxygen atoms in total. The van der Waals surface area contributed by atoms with Crippen molar-refractivity contribution >= 4 is 11.6 Å². The molecule has 6 heteroatoms. The van der Waals surface area contributed by atoms with Crippen LogP contribution in [-0.4, -0.2) is 22.0 Å². The molecular formula is C15H20N2O4. The Morgan fingerprint density at radius 3 is 2.90 bits per heavy atom. The fourth-order valence-electron chi connectivity index (χ4n) is 2.92. The molecule has 0 bridgehead atoms. The van der Waals surface area contributed by atoms with E-state index in [4.69, 9.17) is 0 Å². The number of phenols is 1. The standard InChI is InChI=1S/C15H20N2O4/c1-2-10-4-3-5-11(8-10)16-15(19)13-9-12(18)6-7-14(13)17(20)21/h6-7,9-11,18H,2-5,8H2,1H3,(H,16,19). The number of carbonyl (C=O) groups is 1. The van der Waals surface area contributed by atoms with Crippen molar-refractivity contribution in [3.63, 3.8) is 0 Å². The number of nitrogens with one attached hydrogen (secondary N) is 1. The van der Waals surface area contributed by atoms with Gasteiger partial charge in [0.25, 0.3) is 11.6 Å². The predicted octanol–water partition coefficient (Wildman–Crippen LogP) is 3.00. The van der Waals surface area contributed by atoms with Gasteiger partial charge in [-0.2, -0.15) is 0 Å². The maximum Gasteiger partial charge on any atom is 0.282 e. The van der Waals surface area contributed by atoms with Crippen molar-refractivity contribution < 1.29 is 14.8 Å². The summed E-state index contributed by atoms with van der Waals surface area (Å²) in [5, 5.41) is 23.3. The van der Waals surface area contributed by atoms with E-state index < -0.39 is 10.8 Å². The van der Waals surface area contributed by atoms with Crippen LogP contribution >= 0.6 is 0 Å². The summed E-state index contributed by atoms with van der Waals surface area (Å²) >= 11 is 0. The SMILES string of the molecule is CCC1CCCC(NC(=O)c2cc(O)ccc2[N+](=O)[O-])C1. The number of aromatic hydroxyl groups is 1. The summed E-state index contributed by atoms with van der Waals surface area (Å²) in [5.74, 6) is -0.0385. The Morgan fingerprint density at radius 2 is 2.24 bits per heavy atom. The quantitative estimate of drug-likeness (QED) is 0.659. The van der Waals surface area contributed by atoms with Gasteiger partial charge in [0.15, 0.2) is 0 Å². The molecule has 1 aliphatic carbocycles. The zero-order valence-corrected chi connectivity index (χ0v) is 12.0. The molecule has 0 spiro atoms. The Labute approximate surface area is 123 Å². The zero-order chi connectivity index (χ0) is 15.4. The van der Waals surface area contributed by atoms with Gasteiger partial charge < -0.3 is 10.4 Å². The highest BCUT2D eigenvalue weighted by atomic mass is 16.6. The van der Waals surface area contributed by atoms with E-state index in [9.17, 15) is 20.0 Å². The van der Waals surface area contributed by atoms with E-state index in [1.807, 2.05) is 0 Å². The Bertz CT molecular complexity index is 544. The smallest absolute Gasteiger partial charge is 0.282 e. The lowest BCUT2D eigenvalue weighted by atomic mass is 9.84. The Kier molecular flexibility index (Phi) is 4.77. The minimum atomic E-state index is -0.607. The van der Waals surface area contributed by atoms with E-state index in [0.717, 1.165) is 37.8 Å². The van der Waals surface area contributed by atoms with Crippen molar-refractivity contribution in [2.45, 2.75) is 45.1 Å². The number of phenolic OH excluding ortho intramolecular Hbond substituents is 1. The van der Waals surface area contributed by atoms with E-state index in [-0.39, 0.29) is 23.0 Å². The minimum Gasteiger partial charge on any atom is -0.508 e. The summed E-state index contributed by atoms with van der Waals surface area (Å²) in [7, 11) is 0. The molecule has 21 heavy (non-hydrogen) atoms.